The van der Waals surface area contributed by atoms with Crippen molar-refractivity contribution in [1.82, 2.24) is 15.0 Å². The molecule has 1 aromatic carbocycles. The van der Waals surface area contributed by atoms with Gasteiger partial charge in [0, 0.05) is 23.5 Å². The fourth-order valence-corrected chi connectivity index (χ4v) is 1.92. The van der Waals surface area contributed by atoms with Crippen LogP contribution in [0.15, 0.2) is 43.0 Å². The van der Waals surface area contributed by atoms with Gasteiger partial charge >= 0.3 is 5.97 Å². The molecule has 88 valence electrons. The minimum Gasteiger partial charge on any atom is -0.478 e. The van der Waals surface area contributed by atoms with Crippen LogP contribution in [0.3, 0.4) is 0 Å². The standard InChI is InChI=1S/C13H9N3O2/c17-13(18)9-4-10(8-2-1-3-14-6-8)12-11(5-9)15-7-16-12/h1-7H,(H,15,16)(H,17,18). The minimum absolute atomic E-state index is 0.216. The van der Waals surface area contributed by atoms with Crippen LogP contribution in [0.25, 0.3) is 22.2 Å². The van der Waals surface area contributed by atoms with Crippen LogP contribution >= 0.6 is 0 Å². The van der Waals surface area contributed by atoms with E-state index in [4.69, 9.17) is 5.11 Å². The van der Waals surface area contributed by atoms with Crippen molar-refractivity contribution in [3.63, 3.8) is 0 Å². The number of H-pyrrole nitrogens is 1. The number of carbonyl (C=O) groups is 1. The number of carboxylic acids is 1. The Morgan fingerprint density at radius 2 is 2.22 bits per heavy atom. The molecule has 0 bridgehead atoms. The zero-order valence-corrected chi connectivity index (χ0v) is 9.29. The minimum atomic E-state index is -0.968. The summed E-state index contributed by atoms with van der Waals surface area (Å²) in [6.07, 6.45) is 4.92. The summed E-state index contributed by atoms with van der Waals surface area (Å²) in [7, 11) is 0. The molecule has 0 amide bonds. The summed E-state index contributed by atoms with van der Waals surface area (Å²) in [5, 5.41) is 9.10. The number of carboxylic acid groups (broad SMARTS) is 1. The Labute approximate surface area is 102 Å². The van der Waals surface area contributed by atoms with Crippen molar-refractivity contribution in [3.8, 4) is 11.1 Å². The fraction of sp³-hybridized carbons (Fsp3) is 0. The van der Waals surface area contributed by atoms with E-state index >= 15 is 0 Å². The van der Waals surface area contributed by atoms with Gasteiger partial charge in [-0.05, 0) is 18.2 Å². The predicted octanol–water partition coefficient (Wildman–Crippen LogP) is 2.32. The first-order valence-electron chi connectivity index (χ1n) is 5.36. The topological polar surface area (TPSA) is 78.9 Å². The molecule has 0 unspecified atom stereocenters. The number of pyridine rings is 1. The lowest BCUT2D eigenvalue weighted by Crippen LogP contribution is -1.97. The van der Waals surface area contributed by atoms with E-state index < -0.39 is 5.97 Å². The molecular weight excluding hydrogens is 230 g/mol. The molecule has 2 N–H and O–H groups in total. The van der Waals surface area contributed by atoms with Gasteiger partial charge in [0.1, 0.15) is 0 Å². The van der Waals surface area contributed by atoms with E-state index in [2.05, 4.69) is 15.0 Å². The van der Waals surface area contributed by atoms with E-state index in [1.807, 2.05) is 12.1 Å². The first-order valence-corrected chi connectivity index (χ1v) is 5.36. The van der Waals surface area contributed by atoms with E-state index in [-0.39, 0.29) is 5.56 Å². The molecule has 0 saturated heterocycles. The molecule has 0 radical (unpaired) electrons. The van der Waals surface area contributed by atoms with Crippen molar-refractivity contribution in [1.29, 1.82) is 0 Å². The Bertz CT molecular complexity index is 719. The first-order chi connectivity index (χ1) is 8.75. The van der Waals surface area contributed by atoms with Crippen LogP contribution in [0, 0.1) is 0 Å². The lowest BCUT2D eigenvalue weighted by molar-refractivity contribution is 0.0697. The molecule has 0 aliphatic heterocycles. The van der Waals surface area contributed by atoms with Gasteiger partial charge in [-0.2, -0.15) is 0 Å². The molecule has 3 aromatic rings. The third kappa shape index (κ3) is 1.62. The molecule has 0 saturated carbocycles. The number of benzene rings is 1. The highest BCUT2D eigenvalue weighted by Crippen LogP contribution is 2.27. The number of nitrogens with zero attached hydrogens (tertiary/aromatic N) is 2. The maximum atomic E-state index is 11.1. The summed E-state index contributed by atoms with van der Waals surface area (Å²) in [5.41, 5.74) is 3.31. The van der Waals surface area contributed by atoms with Crippen LogP contribution in [0.1, 0.15) is 10.4 Å². The fourth-order valence-electron chi connectivity index (χ4n) is 1.92. The molecule has 0 atom stereocenters. The second-order valence-corrected chi connectivity index (χ2v) is 3.87. The van der Waals surface area contributed by atoms with Crippen molar-refractivity contribution >= 4 is 17.0 Å². The van der Waals surface area contributed by atoms with Crippen molar-refractivity contribution in [2.24, 2.45) is 0 Å². The zero-order valence-electron chi connectivity index (χ0n) is 9.29. The number of nitrogens with one attached hydrogen (secondary N) is 1. The molecule has 2 heterocycles. The molecule has 3 rings (SSSR count). The van der Waals surface area contributed by atoms with Crippen molar-refractivity contribution in [3.05, 3.63) is 48.5 Å². The van der Waals surface area contributed by atoms with Gasteiger partial charge < -0.3 is 10.1 Å². The number of hydrogen-bond donors (Lipinski definition) is 2. The summed E-state index contributed by atoms with van der Waals surface area (Å²) in [4.78, 5) is 22.3. The summed E-state index contributed by atoms with van der Waals surface area (Å²) in [6.45, 7) is 0. The number of hydrogen-bond acceptors (Lipinski definition) is 3. The summed E-state index contributed by atoms with van der Waals surface area (Å²) >= 11 is 0. The maximum Gasteiger partial charge on any atom is 0.335 e. The zero-order chi connectivity index (χ0) is 12.5. The average molecular weight is 239 g/mol. The van der Waals surface area contributed by atoms with Crippen LogP contribution in [-0.4, -0.2) is 26.0 Å². The number of aromatic nitrogens is 3. The Morgan fingerprint density at radius 1 is 1.33 bits per heavy atom. The van der Waals surface area contributed by atoms with Crippen LogP contribution < -0.4 is 0 Å². The van der Waals surface area contributed by atoms with Gasteiger partial charge in [-0.3, -0.25) is 4.98 Å². The quantitative estimate of drug-likeness (QED) is 0.719. The predicted molar refractivity (Wildman–Crippen MR) is 66.3 cm³/mol. The van der Waals surface area contributed by atoms with Crippen molar-refractivity contribution in [2.45, 2.75) is 0 Å². The van der Waals surface area contributed by atoms with Crippen molar-refractivity contribution in [2.75, 3.05) is 0 Å². The highest BCUT2D eigenvalue weighted by molar-refractivity contribution is 5.99. The Kier molecular flexibility index (Phi) is 2.30. The maximum absolute atomic E-state index is 11.1. The molecule has 0 aliphatic carbocycles. The first kappa shape index (κ1) is 10.5. The van der Waals surface area contributed by atoms with Gasteiger partial charge in [-0.1, -0.05) is 6.07 Å². The monoisotopic (exact) mass is 239 g/mol. The second kappa shape index (κ2) is 3.96. The number of fused-ring (bicyclic) bond motifs is 1. The normalized spacial score (nSPS) is 10.7. The Hall–Kier alpha value is -2.69. The SMILES string of the molecule is O=C(O)c1cc(-c2cccnc2)c2[nH]cnc2c1. The number of imidazole rings is 1. The summed E-state index contributed by atoms with van der Waals surface area (Å²) in [5.74, 6) is -0.968. The lowest BCUT2D eigenvalue weighted by atomic mass is 10.0. The van der Waals surface area contributed by atoms with Crippen LogP contribution in [0.4, 0.5) is 0 Å². The molecule has 5 heteroatoms. The van der Waals surface area contributed by atoms with Crippen molar-refractivity contribution < 1.29 is 9.90 Å². The Balaban J connectivity index is 2.33. The summed E-state index contributed by atoms with van der Waals surface area (Å²) < 4.78 is 0. The number of aromatic carboxylic acids is 1. The second-order valence-electron chi connectivity index (χ2n) is 3.87. The molecule has 0 fully saturated rings. The van der Waals surface area contributed by atoms with Crippen LogP contribution in [0.2, 0.25) is 0 Å². The van der Waals surface area contributed by atoms with E-state index in [1.54, 1.807) is 30.9 Å². The van der Waals surface area contributed by atoms with Gasteiger partial charge in [0.25, 0.3) is 0 Å². The molecule has 0 aliphatic rings. The lowest BCUT2D eigenvalue weighted by Gasteiger charge is -2.04. The van der Waals surface area contributed by atoms with Crippen LogP contribution in [0.5, 0.6) is 0 Å². The van der Waals surface area contributed by atoms with E-state index in [0.29, 0.717) is 5.52 Å². The average Bonchev–Trinajstić information content (AvgIpc) is 2.86. The molecule has 2 aromatic heterocycles. The number of rotatable bonds is 2. The van der Waals surface area contributed by atoms with E-state index in [0.717, 1.165) is 16.6 Å². The molecule has 0 spiro atoms. The van der Waals surface area contributed by atoms with E-state index in [9.17, 15) is 4.79 Å². The van der Waals surface area contributed by atoms with Gasteiger partial charge in [0.15, 0.2) is 0 Å². The highest BCUT2D eigenvalue weighted by atomic mass is 16.4. The van der Waals surface area contributed by atoms with Gasteiger partial charge in [-0.25, -0.2) is 9.78 Å². The third-order valence-corrected chi connectivity index (χ3v) is 2.75. The largest absolute Gasteiger partial charge is 0.478 e. The van der Waals surface area contributed by atoms with Gasteiger partial charge in [0.05, 0.1) is 22.9 Å². The third-order valence-electron chi connectivity index (χ3n) is 2.75. The molecule has 5 nitrogen and oxygen atoms in total. The van der Waals surface area contributed by atoms with Gasteiger partial charge in [-0.15, -0.1) is 0 Å². The number of aromatic amines is 1. The smallest absolute Gasteiger partial charge is 0.335 e. The van der Waals surface area contributed by atoms with Gasteiger partial charge in [0.2, 0.25) is 0 Å². The Morgan fingerprint density at radius 3 is 2.94 bits per heavy atom. The highest BCUT2D eigenvalue weighted by Gasteiger charge is 2.12. The molecule has 18 heavy (non-hydrogen) atoms. The van der Waals surface area contributed by atoms with Crippen LogP contribution in [-0.2, 0) is 0 Å². The summed E-state index contributed by atoms with van der Waals surface area (Å²) in [6, 6.07) is 6.87. The van der Waals surface area contributed by atoms with E-state index in [1.165, 1.54) is 0 Å². The molecular formula is C13H9N3O2.